The Morgan fingerprint density at radius 2 is 1.22 bits per heavy atom. The molecule has 0 radical (unpaired) electrons. The van der Waals surface area contributed by atoms with Gasteiger partial charge in [0.2, 0.25) is 0 Å². The summed E-state index contributed by atoms with van der Waals surface area (Å²) in [5.74, 6) is -0.546. The maximum Gasteiger partial charge on any atom is 0.346 e. The Kier molecular flexibility index (Phi) is 6.88. The first-order valence-electron chi connectivity index (χ1n) is 13.1. The number of carboxylic acids is 1. The number of furan rings is 1. The molecule has 0 aliphatic rings. The summed E-state index contributed by atoms with van der Waals surface area (Å²) in [6, 6.07) is 46.4. The molecule has 1 N–H and O–H groups in total. The minimum absolute atomic E-state index is 0.326. The highest BCUT2D eigenvalue weighted by Gasteiger charge is 2.13. The Bertz CT molecular complexity index is 1860. The lowest BCUT2D eigenvalue weighted by Crippen LogP contribution is -2.09. The van der Waals surface area contributed by atoms with Crippen molar-refractivity contribution in [1.29, 1.82) is 5.26 Å². The quantitative estimate of drug-likeness (QED) is 0.164. The summed E-state index contributed by atoms with van der Waals surface area (Å²) < 4.78 is 6.08. The van der Waals surface area contributed by atoms with E-state index in [1.165, 1.54) is 6.08 Å². The molecule has 0 saturated heterocycles. The van der Waals surface area contributed by atoms with E-state index in [2.05, 4.69) is 65.6 Å². The van der Waals surface area contributed by atoms with E-state index in [9.17, 15) is 4.79 Å². The number of fused-ring (bicyclic) bond motifs is 1. The van der Waals surface area contributed by atoms with Crippen LogP contribution >= 0.6 is 0 Å². The number of rotatable bonds is 7. The number of benzene rings is 5. The molecule has 0 unspecified atom stereocenters. The van der Waals surface area contributed by atoms with Gasteiger partial charge in [-0.3, -0.25) is 0 Å². The Morgan fingerprint density at radius 3 is 1.78 bits per heavy atom. The summed E-state index contributed by atoms with van der Waals surface area (Å²) in [4.78, 5) is 13.4. The molecule has 1 heterocycles. The van der Waals surface area contributed by atoms with Crippen LogP contribution in [0.3, 0.4) is 0 Å². The number of anilines is 3. The molecule has 0 aliphatic carbocycles. The van der Waals surface area contributed by atoms with Crippen LogP contribution in [0.25, 0.3) is 39.5 Å². The second kappa shape index (κ2) is 11.1. The highest BCUT2D eigenvalue weighted by molar-refractivity contribution is 5.97. The monoisotopic (exact) mass is 532 g/mol. The van der Waals surface area contributed by atoms with Crippen LogP contribution in [-0.4, -0.2) is 11.1 Å². The van der Waals surface area contributed by atoms with Gasteiger partial charge in [-0.1, -0.05) is 84.9 Å². The maximum absolute atomic E-state index is 11.2. The fourth-order valence-electron chi connectivity index (χ4n) is 4.82. The first-order chi connectivity index (χ1) is 20.1. The second-order valence-corrected chi connectivity index (χ2v) is 9.51. The van der Waals surface area contributed by atoms with Crippen molar-refractivity contribution in [1.82, 2.24) is 0 Å². The Hall–Kier alpha value is -5.86. The fraction of sp³-hybridized carbons (Fsp3) is 0. The molecule has 1 aromatic heterocycles. The standard InChI is InChI=1S/C36H24N2O3/c37-24-30(36(39)40)21-25-11-12-29-23-35(41-34(29)22-25)28-15-13-26(14-16-28)27-17-19-33(20-18-27)38(31-7-3-1-4-8-31)32-9-5-2-6-10-32/h1-23H,(H,39,40)/b30-21-. The normalized spacial score (nSPS) is 11.2. The zero-order chi connectivity index (χ0) is 28.2. The lowest BCUT2D eigenvalue weighted by molar-refractivity contribution is -0.132. The molecule has 5 aromatic carbocycles. The molecule has 0 saturated carbocycles. The highest BCUT2D eigenvalue weighted by atomic mass is 16.4. The third-order valence-corrected chi connectivity index (χ3v) is 6.86. The predicted octanol–water partition coefficient (Wildman–Crippen LogP) is 9.23. The molecular weight excluding hydrogens is 508 g/mol. The van der Waals surface area contributed by atoms with Gasteiger partial charge in [0.25, 0.3) is 0 Å². The van der Waals surface area contributed by atoms with Crippen molar-refractivity contribution >= 4 is 40.1 Å². The minimum Gasteiger partial charge on any atom is -0.477 e. The van der Waals surface area contributed by atoms with Gasteiger partial charge in [0.1, 0.15) is 23.0 Å². The minimum atomic E-state index is -1.26. The number of hydrogen-bond acceptors (Lipinski definition) is 4. The van der Waals surface area contributed by atoms with Crippen molar-refractivity contribution < 1.29 is 14.3 Å². The summed E-state index contributed by atoms with van der Waals surface area (Å²) in [6.45, 7) is 0. The summed E-state index contributed by atoms with van der Waals surface area (Å²) in [7, 11) is 0. The first kappa shape index (κ1) is 25.4. The summed E-state index contributed by atoms with van der Waals surface area (Å²) >= 11 is 0. The molecule has 0 spiro atoms. The van der Waals surface area contributed by atoms with Gasteiger partial charge in [0.05, 0.1) is 0 Å². The molecule has 0 aliphatic heterocycles. The first-order valence-corrected chi connectivity index (χ1v) is 13.1. The van der Waals surface area contributed by atoms with E-state index in [1.807, 2.05) is 60.7 Å². The van der Waals surface area contributed by atoms with E-state index in [-0.39, 0.29) is 5.57 Å². The van der Waals surface area contributed by atoms with E-state index in [1.54, 1.807) is 18.2 Å². The lowest BCUT2D eigenvalue weighted by atomic mass is 10.0. The molecule has 5 heteroatoms. The number of aliphatic carboxylic acids is 1. The van der Waals surface area contributed by atoms with Crippen LogP contribution in [0.1, 0.15) is 5.56 Å². The molecule has 41 heavy (non-hydrogen) atoms. The Morgan fingerprint density at radius 1 is 0.683 bits per heavy atom. The molecule has 0 bridgehead atoms. The molecule has 0 amide bonds. The molecular formula is C36H24N2O3. The average molecular weight is 533 g/mol. The molecule has 6 rings (SSSR count). The van der Waals surface area contributed by atoms with Gasteiger partial charge in [-0.25, -0.2) is 4.79 Å². The van der Waals surface area contributed by atoms with Crippen LogP contribution in [0.5, 0.6) is 0 Å². The van der Waals surface area contributed by atoms with Crippen molar-refractivity contribution in [3.05, 3.63) is 145 Å². The molecule has 0 atom stereocenters. The largest absolute Gasteiger partial charge is 0.477 e. The van der Waals surface area contributed by atoms with Crippen LogP contribution in [0.4, 0.5) is 17.1 Å². The topological polar surface area (TPSA) is 77.5 Å². The molecule has 5 nitrogen and oxygen atoms in total. The van der Waals surface area contributed by atoms with Gasteiger partial charge in [-0.15, -0.1) is 0 Å². The van der Waals surface area contributed by atoms with Crippen LogP contribution in [0.15, 0.2) is 143 Å². The average Bonchev–Trinajstić information content (AvgIpc) is 3.45. The summed E-state index contributed by atoms with van der Waals surface area (Å²) in [6.07, 6.45) is 1.34. The number of carbonyl (C=O) groups is 1. The molecule has 6 aromatic rings. The molecule has 0 fully saturated rings. The van der Waals surface area contributed by atoms with Crippen molar-refractivity contribution in [3.8, 4) is 28.5 Å². The summed E-state index contributed by atoms with van der Waals surface area (Å²) in [5, 5.41) is 19.1. The highest BCUT2D eigenvalue weighted by Crippen LogP contribution is 2.36. The number of para-hydroxylation sites is 2. The van der Waals surface area contributed by atoms with Crippen LogP contribution in [-0.2, 0) is 4.79 Å². The smallest absolute Gasteiger partial charge is 0.346 e. The van der Waals surface area contributed by atoms with Gasteiger partial charge in [-0.05, 0) is 71.3 Å². The van der Waals surface area contributed by atoms with E-state index in [0.29, 0.717) is 16.9 Å². The van der Waals surface area contributed by atoms with Crippen LogP contribution in [0, 0.1) is 11.3 Å². The van der Waals surface area contributed by atoms with E-state index < -0.39 is 5.97 Å². The van der Waals surface area contributed by atoms with Crippen molar-refractivity contribution in [3.63, 3.8) is 0 Å². The molecule has 196 valence electrons. The van der Waals surface area contributed by atoms with Gasteiger partial charge >= 0.3 is 5.97 Å². The third-order valence-electron chi connectivity index (χ3n) is 6.86. The number of nitrogens with zero attached hydrogens (tertiary/aromatic N) is 2. The van der Waals surface area contributed by atoms with Gasteiger partial charge < -0.3 is 14.4 Å². The van der Waals surface area contributed by atoms with Crippen LogP contribution < -0.4 is 4.90 Å². The van der Waals surface area contributed by atoms with Gasteiger partial charge in [-0.2, -0.15) is 5.26 Å². The fourth-order valence-corrected chi connectivity index (χ4v) is 4.82. The summed E-state index contributed by atoms with van der Waals surface area (Å²) in [5.41, 5.74) is 7.28. The van der Waals surface area contributed by atoms with Gasteiger partial charge in [0, 0.05) is 28.0 Å². The number of carboxylic acid groups (broad SMARTS) is 1. The van der Waals surface area contributed by atoms with Crippen molar-refractivity contribution in [2.45, 2.75) is 0 Å². The lowest BCUT2D eigenvalue weighted by Gasteiger charge is -2.25. The van der Waals surface area contributed by atoms with E-state index in [4.69, 9.17) is 14.8 Å². The third kappa shape index (κ3) is 5.36. The zero-order valence-electron chi connectivity index (χ0n) is 21.9. The number of hydrogen-bond donors (Lipinski definition) is 1. The van der Waals surface area contributed by atoms with Crippen molar-refractivity contribution in [2.75, 3.05) is 4.90 Å². The number of nitriles is 1. The predicted molar refractivity (Wildman–Crippen MR) is 163 cm³/mol. The van der Waals surface area contributed by atoms with Crippen molar-refractivity contribution in [2.24, 2.45) is 0 Å². The maximum atomic E-state index is 11.2. The SMILES string of the molecule is N#C/C(=C/c1ccc2cc(-c3ccc(-c4ccc(N(c5ccccc5)c5ccccc5)cc4)cc3)oc2c1)C(=O)O. The Balaban J connectivity index is 1.25. The van der Waals surface area contributed by atoms with Gasteiger partial charge in [0.15, 0.2) is 0 Å². The zero-order valence-corrected chi connectivity index (χ0v) is 21.9. The second-order valence-electron chi connectivity index (χ2n) is 9.51. The Labute approximate surface area is 237 Å². The van der Waals surface area contributed by atoms with Crippen LogP contribution in [0.2, 0.25) is 0 Å². The van der Waals surface area contributed by atoms with E-state index in [0.717, 1.165) is 39.1 Å². The van der Waals surface area contributed by atoms with E-state index >= 15 is 0 Å².